The van der Waals surface area contributed by atoms with Gasteiger partial charge >= 0.3 is 0 Å². The van der Waals surface area contributed by atoms with Crippen LogP contribution in [0.2, 0.25) is 0 Å². The molecule has 2 aliphatic rings. The largest absolute Gasteiger partial charge is 0.493 e. The van der Waals surface area contributed by atoms with Gasteiger partial charge in [0.15, 0.2) is 17.1 Å². The molecule has 0 saturated carbocycles. The molecule has 4 heterocycles. The second-order valence-corrected chi connectivity index (χ2v) is 7.82. The Morgan fingerprint density at radius 3 is 2.97 bits per heavy atom. The third kappa shape index (κ3) is 3.02. The zero-order valence-corrected chi connectivity index (χ0v) is 16.8. The Balaban J connectivity index is 1.44. The van der Waals surface area contributed by atoms with Gasteiger partial charge in [-0.25, -0.2) is 9.50 Å². The predicted molar refractivity (Wildman–Crippen MR) is 110 cm³/mol. The number of benzene rings is 1. The maximum absolute atomic E-state index is 5.57. The van der Waals surface area contributed by atoms with Crippen LogP contribution in [-0.2, 0) is 13.0 Å². The maximum Gasteiger partial charge on any atom is 0.162 e. The van der Waals surface area contributed by atoms with Crippen LogP contribution in [0.5, 0.6) is 11.5 Å². The Morgan fingerprint density at radius 2 is 2.14 bits per heavy atom. The van der Waals surface area contributed by atoms with Crippen molar-refractivity contribution in [3.05, 3.63) is 53.0 Å². The standard InChI is InChI=1S/C23H24N4O2/c1-4-9-29-21-8-5-16(11-22(21)28-3)14-26-17-6-7-19(26)18-13-24-23-10-15(2)25-27(23)20(18)12-17/h1,5,8,10-11,13,17,19H,6-7,9,12,14H2,2-3H3. The van der Waals surface area contributed by atoms with Crippen molar-refractivity contribution < 1.29 is 9.47 Å². The number of nitrogens with zero attached hydrogens (tertiary/aromatic N) is 4. The molecule has 0 N–H and O–H groups in total. The van der Waals surface area contributed by atoms with Crippen molar-refractivity contribution in [2.75, 3.05) is 13.7 Å². The minimum atomic E-state index is 0.233. The number of hydrogen-bond donors (Lipinski definition) is 0. The summed E-state index contributed by atoms with van der Waals surface area (Å²) >= 11 is 0. The second kappa shape index (κ2) is 7.09. The van der Waals surface area contributed by atoms with Crippen LogP contribution in [0.25, 0.3) is 5.65 Å². The van der Waals surface area contributed by atoms with Crippen LogP contribution in [0.15, 0.2) is 30.5 Å². The molecular weight excluding hydrogens is 364 g/mol. The number of fused-ring (bicyclic) bond motifs is 6. The van der Waals surface area contributed by atoms with Crippen LogP contribution < -0.4 is 9.47 Å². The molecule has 2 atom stereocenters. The van der Waals surface area contributed by atoms with Crippen molar-refractivity contribution >= 4 is 5.65 Å². The minimum absolute atomic E-state index is 0.233. The number of hydrogen-bond acceptors (Lipinski definition) is 5. The molecule has 2 aromatic heterocycles. The van der Waals surface area contributed by atoms with Crippen molar-refractivity contribution in [1.29, 1.82) is 0 Å². The van der Waals surface area contributed by atoms with E-state index in [-0.39, 0.29) is 6.61 Å². The van der Waals surface area contributed by atoms with E-state index in [1.165, 1.54) is 23.2 Å². The second-order valence-electron chi connectivity index (χ2n) is 7.82. The van der Waals surface area contributed by atoms with Gasteiger partial charge in [-0.1, -0.05) is 12.0 Å². The molecule has 0 spiro atoms. The molecule has 0 amide bonds. The van der Waals surface area contributed by atoms with Gasteiger partial charge in [0.1, 0.15) is 6.61 Å². The van der Waals surface area contributed by atoms with E-state index in [9.17, 15) is 0 Å². The summed E-state index contributed by atoms with van der Waals surface area (Å²) in [6.45, 7) is 3.13. The quantitative estimate of drug-likeness (QED) is 0.628. The van der Waals surface area contributed by atoms with Crippen LogP contribution in [0.1, 0.15) is 41.4 Å². The summed E-state index contributed by atoms with van der Waals surface area (Å²) in [5.41, 5.74) is 5.80. The Bertz CT molecular complexity index is 1110. The van der Waals surface area contributed by atoms with E-state index in [0.29, 0.717) is 17.8 Å². The fourth-order valence-electron chi connectivity index (χ4n) is 4.80. The number of rotatable bonds is 5. The van der Waals surface area contributed by atoms with E-state index in [0.717, 1.165) is 36.5 Å². The Hall–Kier alpha value is -3.04. The summed E-state index contributed by atoms with van der Waals surface area (Å²) in [6, 6.07) is 9.05. The van der Waals surface area contributed by atoms with Gasteiger partial charge in [-0.05, 0) is 37.5 Å². The first-order valence-corrected chi connectivity index (χ1v) is 10.0. The highest BCUT2D eigenvalue weighted by Gasteiger charge is 2.41. The lowest BCUT2D eigenvalue weighted by Crippen LogP contribution is -2.38. The van der Waals surface area contributed by atoms with E-state index in [1.54, 1.807) is 7.11 Å². The van der Waals surface area contributed by atoms with Gasteiger partial charge in [0, 0.05) is 42.9 Å². The van der Waals surface area contributed by atoms with Crippen molar-refractivity contribution in [2.24, 2.45) is 0 Å². The van der Waals surface area contributed by atoms with Gasteiger partial charge in [0.2, 0.25) is 0 Å². The summed E-state index contributed by atoms with van der Waals surface area (Å²) in [5.74, 6) is 3.89. The van der Waals surface area contributed by atoms with Gasteiger partial charge in [-0.3, -0.25) is 4.90 Å². The van der Waals surface area contributed by atoms with E-state index in [4.69, 9.17) is 15.9 Å². The molecule has 1 saturated heterocycles. The summed E-state index contributed by atoms with van der Waals surface area (Å²) in [6.07, 6.45) is 10.7. The lowest BCUT2D eigenvalue weighted by molar-refractivity contribution is 0.165. The van der Waals surface area contributed by atoms with Crippen LogP contribution >= 0.6 is 0 Å². The zero-order valence-electron chi connectivity index (χ0n) is 16.8. The average molecular weight is 388 g/mol. The Kier molecular flexibility index (Phi) is 4.40. The topological polar surface area (TPSA) is 51.9 Å². The van der Waals surface area contributed by atoms with Crippen LogP contribution in [0, 0.1) is 19.3 Å². The van der Waals surface area contributed by atoms with Gasteiger partial charge in [0.25, 0.3) is 0 Å². The summed E-state index contributed by atoms with van der Waals surface area (Å²) < 4.78 is 13.1. The minimum Gasteiger partial charge on any atom is -0.493 e. The first-order valence-electron chi connectivity index (χ1n) is 10.0. The molecule has 1 aromatic carbocycles. The number of methoxy groups -OCH3 is 1. The number of aryl methyl sites for hydroxylation is 1. The van der Waals surface area contributed by atoms with E-state index < -0.39 is 0 Å². The lowest BCUT2D eigenvalue weighted by atomic mass is 9.98. The highest BCUT2D eigenvalue weighted by molar-refractivity contribution is 5.45. The molecule has 6 heteroatoms. The molecule has 2 aliphatic heterocycles. The molecule has 6 nitrogen and oxygen atoms in total. The molecule has 0 radical (unpaired) electrons. The van der Waals surface area contributed by atoms with Crippen molar-refractivity contribution in [2.45, 2.75) is 44.8 Å². The van der Waals surface area contributed by atoms with Gasteiger partial charge in [-0.15, -0.1) is 6.42 Å². The summed E-state index contributed by atoms with van der Waals surface area (Å²) in [7, 11) is 1.66. The highest BCUT2D eigenvalue weighted by atomic mass is 16.5. The molecule has 2 bridgehead atoms. The average Bonchev–Trinajstić information content (AvgIpc) is 3.24. The van der Waals surface area contributed by atoms with E-state index >= 15 is 0 Å². The van der Waals surface area contributed by atoms with Crippen LogP contribution in [-0.4, -0.2) is 39.3 Å². The third-order valence-corrected chi connectivity index (χ3v) is 6.07. The first-order chi connectivity index (χ1) is 14.2. The first kappa shape index (κ1) is 18.0. The van der Waals surface area contributed by atoms with E-state index in [2.05, 4.69) is 39.2 Å². The lowest BCUT2D eigenvalue weighted by Gasteiger charge is -2.36. The van der Waals surface area contributed by atoms with Gasteiger partial charge in [-0.2, -0.15) is 5.10 Å². The van der Waals surface area contributed by atoms with Crippen LogP contribution in [0.4, 0.5) is 0 Å². The Morgan fingerprint density at radius 1 is 1.24 bits per heavy atom. The fraction of sp³-hybridized carbons (Fsp3) is 0.391. The number of terminal acetylenes is 1. The molecule has 29 heavy (non-hydrogen) atoms. The highest BCUT2D eigenvalue weighted by Crippen LogP contribution is 2.44. The fourth-order valence-corrected chi connectivity index (χ4v) is 4.80. The third-order valence-electron chi connectivity index (χ3n) is 6.07. The van der Waals surface area contributed by atoms with E-state index in [1.807, 2.05) is 23.6 Å². The Labute approximate surface area is 170 Å². The smallest absolute Gasteiger partial charge is 0.162 e. The molecule has 5 rings (SSSR count). The molecule has 2 unspecified atom stereocenters. The predicted octanol–water partition coefficient (Wildman–Crippen LogP) is 3.32. The van der Waals surface area contributed by atoms with Crippen molar-refractivity contribution in [1.82, 2.24) is 19.5 Å². The summed E-state index contributed by atoms with van der Waals surface area (Å²) in [5, 5.41) is 4.68. The van der Waals surface area contributed by atoms with Crippen molar-refractivity contribution in [3.63, 3.8) is 0 Å². The van der Waals surface area contributed by atoms with Gasteiger partial charge in [0.05, 0.1) is 18.5 Å². The monoisotopic (exact) mass is 388 g/mol. The number of aromatic nitrogens is 3. The molecule has 1 fully saturated rings. The maximum atomic E-state index is 5.57. The van der Waals surface area contributed by atoms with Crippen molar-refractivity contribution in [3.8, 4) is 23.8 Å². The molecule has 0 aliphatic carbocycles. The van der Waals surface area contributed by atoms with Crippen LogP contribution in [0.3, 0.4) is 0 Å². The number of ether oxygens (including phenoxy) is 2. The zero-order chi connectivity index (χ0) is 20.0. The summed E-state index contributed by atoms with van der Waals surface area (Å²) in [4.78, 5) is 7.26. The molecule has 148 valence electrons. The normalized spacial score (nSPS) is 20.4. The SMILES string of the molecule is C#CCOc1ccc(CN2C3CCC2c2cnc4cc(C)nn4c2C3)cc1OC. The van der Waals surface area contributed by atoms with Gasteiger partial charge < -0.3 is 9.47 Å². The molecule has 3 aromatic rings. The molecular formula is C23H24N4O2.